The molecule has 1 atom stereocenters. The Morgan fingerprint density at radius 1 is 1.50 bits per heavy atom. The van der Waals surface area contributed by atoms with Gasteiger partial charge in [-0.1, -0.05) is 42.0 Å². The lowest BCUT2D eigenvalue weighted by Crippen LogP contribution is -2.31. The number of nitrogens with one attached hydrogen (secondary N) is 1. The molecule has 0 saturated carbocycles. The summed E-state index contributed by atoms with van der Waals surface area (Å²) in [6.07, 6.45) is 0. The van der Waals surface area contributed by atoms with Gasteiger partial charge in [0.2, 0.25) is 0 Å². The predicted molar refractivity (Wildman–Crippen MR) is 84.2 cm³/mol. The Morgan fingerprint density at radius 2 is 2.17 bits per heavy atom. The molecule has 0 aliphatic heterocycles. The summed E-state index contributed by atoms with van der Waals surface area (Å²) in [6, 6.07) is 6.05. The standard InChI is InChI=1S/C13H19BrN2OS/c1-8(2)12(7-17-3)16-11-6-9(14)4-5-10(11)13(15)18/h4-6,8,12,16H,7H2,1-3H3,(H2,15,18). The Labute approximate surface area is 122 Å². The molecule has 3 nitrogen and oxygen atoms in total. The number of nitrogens with two attached hydrogens (primary N) is 1. The summed E-state index contributed by atoms with van der Waals surface area (Å²) in [6.45, 7) is 4.94. The average molecular weight is 331 g/mol. The fraction of sp³-hybridized carbons (Fsp3) is 0.462. The van der Waals surface area contributed by atoms with Crippen molar-refractivity contribution in [3.63, 3.8) is 0 Å². The number of ether oxygens (including phenoxy) is 1. The summed E-state index contributed by atoms with van der Waals surface area (Å²) in [4.78, 5) is 0.393. The van der Waals surface area contributed by atoms with E-state index in [1.807, 2.05) is 18.2 Å². The van der Waals surface area contributed by atoms with Crippen molar-refractivity contribution >= 4 is 38.8 Å². The number of halogens is 1. The molecule has 3 N–H and O–H groups in total. The van der Waals surface area contributed by atoms with E-state index < -0.39 is 0 Å². The smallest absolute Gasteiger partial charge is 0.106 e. The van der Waals surface area contributed by atoms with Crippen LogP contribution in [0.1, 0.15) is 19.4 Å². The summed E-state index contributed by atoms with van der Waals surface area (Å²) in [5, 5.41) is 3.45. The zero-order valence-electron chi connectivity index (χ0n) is 10.9. The molecule has 1 unspecified atom stereocenters. The predicted octanol–water partition coefficient (Wildman–Crippen LogP) is 3.17. The lowest BCUT2D eigenvalue weighted by molar-refractivity contribution is 0.171. The summed E-state index contributed by atoms with van der Waals surface area (Å²) >= 11 is 8.52. The van der Waals surface area contributed by atoms with Crippen molar-refractivity contribution < 1.29 is 4.74 Å². The van der Waals surface area contributed by atoms with Gasteiger partial charge in [0.25, 0.3) is 0 Å². The molecule has 0 aromatic heterocycles. The zero-order chi connectivity index (χ0) is 13.7. The molecular formula is C13H19BrN2OS. The SMILES string of the molecule is COCC(Nc1cc(Br)ccc1C(N)=S)C(C)C. The van der Waals surface area contributed by atoms with Gasteiger partial charge in [0.1, 0.15) is 4.99 Å². The first-order valence-corrected chi connectivity index (χ1v) is 7.00. The normalized spacial score (nSPS) is 12.5. The fourth-order valence-electron chi connectivity index (χ4n) is 1.63. The first-order chi connectivity index (χ1) is 8.45. The number of thiocarbonyl (C=S) groups is 1. The molecule has 0 aliphatic rings. The van der Waals surface area contributed by atoms with E-state index in [4.69, 9.17) is 22.7 Å². The van der Waals surface area contributed by atoms with Crippen LogP contribution < -0.4 is 11.1 Å². The molecule has 0 aliphatic carbocycles. The van der Waals surface area contributed by atoms with Crippen molar-refractivity contribution in [1.82, 2.24) is 0 Å². The number of rotatable bonds is 6. The number of methoxy groups -OCH3 is 1. The second-order valence-electron chi connectivity index (χ2n) is 4.50. The van der Waals surface area contributed by atoms with Gasteiger partial charge < -0.3 is 15.8 Å². The van der Waals surface area contributed by atoms with Gasteiger partial charge in [-0.15, -0.1) is 0 Å². The van der Waals surface area contributed by atoms with Crippen LogP contribution in [0.25, 0.3) is 0 Å². The minimum atomic E-state index is 0.220. The summed E-state index contributed by atoms with van der Waals surface area (Å²) in [7, 11) is 1.70. The Morgan fingerprint density at radius 3 is 2.67 bits per heavy atom. The van der Waals surface area contributed by atoms with E-state index in [9.17, 15) is 0 Å². The first-order valence-electron chi connectivity index (χ1n) is 5.80. The van der Waals surface area contributed by atoms with Gasteiger partial charge in [-0.25, -0.2) is 0 Å². The van der Waals surface area contributed by atoms with Crippen LogP contribution in [0, 0.1) is 5.92 Å². The highest BCUT2D eigenvalue weighted by Gasteiger charge is 2.15. The van der Waals surface area contributed by atoms with E-state index in [-0.39, 0.29) is 6.04 Å². The molecule has 0 radical (unpaired) electrons. The fourth-order valence-corrected chi connectivity index (χ4v) is 2.17. The van der Waals surface area contributed by atoms with Crippen LogP contribution in [0.3, 0.4) is 0 Å². The minimum Gasteiger partial charge on any atom is -0.389 e. The maximum Gasteiger partial charge on any atom is 0.106 e. The number of anilines is 1. The van der Waals surface area contributed by atoms with E-state index in [1.165, 1.54) is 0 Å². The molecule has 1 aromatic rings. The van der Waals surface area contributed by atoms with Gasteiger partial charge in [-0.2, -0.15) is 0 Å². The Hall–Kier alpha value is -0.650. The number of hydrogen-bond donors (Lipinski definition) is 2. The van der Waals surface area contributed by atoms with E-state index in [0.717, 1.165) is 15.7 Å². The van der Waals surface area contributed by atoms with E-state index in [1.54, 1.807) is 7.11 Å². The van der Waals surface area contributed by atoms with E-state index >= 15 is 0 Å². The zero-order valence-corrected chi connectivity index (χ0v) is 13.3. The maximum atomic E-state index is 5.74. The molecule has 100 valence electrons. The van der Waals surface area contributed by atoms with E-state index in [0.29, 0.717) is 17.5 Å². The molecule has 5 heteroatoms. The van der Waals surface area contributed by atoms with Gasteiger partial charge in [0, 0.05) is 22.8 Å². The van der Waals surface area contributed by atoms with E-state index in [2.05, 4.69) is 35.1 Å². The summed E-state index contributed by atoms with van der Waals surface area (Å²) in [5.41, 5.74) is 7.53. The summed E-state index contributed by atoms with van der Waals surface area (Å²) < 4.78 is 6.22. The first kappa shape index (κ1) is 15.4. The van der Waals surface area contributed by atoms with Gasteiger partial charge in [-0.05, 0) is 24.1 Å². The van der Waals surface area contributed by atoms with Crippen molar-refractivity contribution in [3.05, 3.63) is 28.2 Å². The Balaban J connectivity index is 3.00. The van der Waals surface area contributed by atoms with Crippen molar-refractivity contribution in [1.29, 1.82) is 0 Å². The molecule has 1 aromatic carbocycles. The Bertz CT molecular complexity index is 423. The summed E-state index contributed by atoms with van der Waals surface area (Å²) in [5.74, 6) is 0.447. The van der Waals surface area contributed by atoms with Crippen LogP contribution in [-0.2, 0) is 4.74 Å². The van der Waals surface area contributed by atoms with Crippen LogP contribution in [0.5, 0.6) is 0 Å². The highest BCUT2D eigenvalue weighted by molar-refractivity contribution is 9.10. The molecule has 0 amide bonds. The topological polar surface area (TPSA) is 47.3 Å². The van der Waals surface area contributed by atoms with Crippen molar-refractivity contribution in [2.24, 2.45) is 11.7 Å². The quantitative estimate of drug-likeness (QED) is 0.786. The van der Waals surface area contributed by atoms with Crippen LogP contribution in [-0.4, -0.2) is 24.7 Å². The molecule has 18 heavy (non-hydrogen) atoms. The third-order valence-corrected chi connectivity index (χ3v) is 3.45. The van der Waals surface area contributed by atoms with Crippen LogP contribution >= 0.6 is 28.1 Å². The van der Waals surface area contributed by atoms with Gasteiger partial charge in [0.05, 0.1) is 12.6 Å². The molecule has 0 heterocycles. The van der Waals surface area contributed by atoms with Crippen LogP contribution in [0.4, 0.5) is 5.69 Å². The molecular weight excluding hydrogens is 312 g/mol. The lowest BCUT2D eigenvalue weighted by atomic mass is 10.0. The second kappa shape index (κ2) is 7.07. The largest absolute Gasteiger partial charge is 0.389 e. The monoisotopic (exact) mass is 330 g/mol. The van der Waals surface area contributed by atoms with Gasteiger partial charge in [0.15, 0.2) is 0 Å². The average Bonchev–Trinajstić information content (AvgIpc) is 2.28. The van der Waals surface area contributed by atoms with Crippen molar-refractivity contribution in [2.45, 2.75) is 19.9 Å². The Kier molecular flexibility index (Phi) is 6.05. The van der Waals surface area contributed by atoms with Crippen molar-refractivity contribution in [2.75, 3.05) is 19.0 Å². The number of hydrogen-bond acceptors (Lipinski definition) is 3. The molecule has 0 spiro atoms. The van der Waals surface area contributed by atoms with Crippen molar-refractivity contribution in [3.8, 4) is 0 Å². The van der Waals surface area contributed by atoms with Gasteiger partial charge >= 0.3 is 0 Å². The molecule has 0 fully saturated rings. The molecule has 0 saturated heterocycles. The maximum absolute atomic E-state index is 5.74. The highest BCUT2D eigenvalue weighted by atomic mass is 79.9. The third-order valence-electron chi connectivity index (χ3n) is 2.74. The third kappa shape index (κ3) is 4.23. The minimum absolute atomic E-state index is 0.220. The number of benzene rings is 1. The molecule has 0 bridgehead atoms. The van der Waals surface area contributed by atoms with Crippen LogP contribution in [0.2, 0.25) is 0 Å². The molecule has 1 rings (SSSR count). The van der Waals surface area contributed by atoms with Crippen LogP contribution in [0.15, 0.2) is 22.7 Å². The lowest BCUT2D eigenvalue weighted by Gasteiger charge is -2.24. The highest BCUT2D eigenvalue weighted by Crippen LogP contribution is 2.23. The second-order valence-corrected chi connectivity index (χ2v) is 5.86. The van der Waals surface area contributed by atoms with Gasteiger partial charge in [-0.3, -0.25) is 0 Å².